The Morgan fingerprint density at radius 1 is 1.19 bits per heavy atom. The van der Waals surface area contributed by atoms with Crippen molar-refractivity contribution in [3.63, 3.8) is 0 Å². The maximum Gasteiger partial charge on any atom is 0.262 e. The minimum Gasteiger partial charge on any atom is -0.345 e. The monoisotopic (exact) mass is 385 g/mol. The minimum absolute atomic E-state index is 0.0359. The number of carbonyl (C=O) groups is 1. The summed E-state index contributed by atoms with van der Waals surface area (Å²) in [6.07, 6.45) is 8.04. The molecule has 4 rings (SSSR count). The molecule has 5 nitrogen and oxygen atoms in total. The molecule has 0 spiro atoms. The fraction of sp³-hybridized carbons (Fsp3) is 0.571. The van der Waals surface area contributed by atoms with Gasteiger partial charge in [0.25, 0.3) is 5.56 Å². The molecule has 1 aromatic heterocycles. The van der Waals surface area contributed by atoms with Gasteiger partial charge in [-0.15, -0.1) is 0 Å². The van der Waals surface area contributed by atoms with Gasteiger partial charge in [0.1, 0.15) is 0 Å². The molecule has 1 aromatic carbocycles. The quantitative estimate of drug-likeness (QED) is 0.560. The zero-order valence-corrected chi connectivity index (χ0v) is 16.7. The molecular formula is C21H27N3O2S. The number of benzene rings is 1. The number of carbonyl (C=O) groups excluding carboxylic acids is 1. The van der Waals surface area contributed by atoms with Crippen LogP contribution in [0.5, 0.6) is 0 Å². The van der Waals surface area contributed by atoms with Gasteiger partial charge in [0, 0.05) is 19.6 Å². The average molecular weight is 386 g/mol. The lowest BCUT2D eigenvalue weighted by molar-refractivity contribution is -0.127. The van der Waals surface area contributed by atoms with E-state index in [-0.39, 0.29) is 17.5 Å². The SMILES string of the molecule is CN(CC1CC1)C(=O)CSc1nc2ccccc2c(=O)n1C1CCCCC1. The smallest absolute Gasteiger partial charge is 0.262 e. The third-order valence-corrected chi connectivity index (χ3v) is 6.63. The number of nitrogens with zero attached hydrogens (tertiary/aromatic N) is 3. The molecule has 2 aliphatic rings. The Bertz CT molecular complexity index is 885. The molecule has 0 atom stereocenters. The topological polar surface area (TPSA) is 55.2 Å². The first kappa shape index (κ1) is 18.5. The van der Waals surface area contributed by atoms with Crippen LogP contribution in [-0.2, 0) is 4.79 Å². The molecule has 6 heteroatoms. The van der Waals surface area contributed by atoms with Crippen molar-refractivity contribution < 1.29 is 4.79 Å². The Balaban J connectivity index is 1.61. The maximum atomic E-state index is 13.2. The first-order valence-electron chi connectivity index (χ1n) is 10.0. The summed E-state index contributed by atoms with van der Waals surface area (Å²) in [6, 6.07) is 7.73. The first-order chi connectivity index (χ1) is 13.1. The Kier molecular flexibility index (Phi) is 5.53. The normalized spacial score (nSPS) is 18.0. The molecule has 0 unspecified atom stereocenters. The molecule has 144 valence electrons. The van der Waals surface area contributed by atoms with Crippen LogP contribution < -0.4 is 5.56 Å². The Labute approximate surface area is 164 Å². The van der Waals surface area contributed by atoms with Gasteiger partial charge in [-0.2, -0.15) is 0 Å². The summed E-state index contributed by atoms with van der Waals surface area (Å²) in [5, 5.41) is 1.36. The van der Waals surface area contributed by atoms with E-state index in [0.717, 1.165) is 37.7 Å². The molecule has 0 N–H and O–H groups in total. The van der Waals surface area contributed by atoms with Crippen molar-refractivity contribution in [2.24, 2.45) is 5.92 Å². The van der Waals surface area contributed by atoms with Crippen LogP contribution >= 0.6 is 11.8 Å². The van der Waals surface area contributed by atoms with Crippen LogP contribution in [0.3, 0.4) is 0 Å². The fourth-order valence-corrected chi connectivity index (χ4v) is 4.92. The Morgan fingerprint density at radius 3 is 2.67 bits per heavy atom. The Hall–Kier alpha value is -1.82. The summed E-state index contributed by atoms with van der Waals surface area (Å²) in [5.41, 5.74) is 0.754. The third kappa shape index (κ3) is 4.21. The minimum atomic E-state index is 0.0359. The molecule has 1 heterocycles. The maximum absolute atomic E-state index is 13.2. The van der Waals surface area contributed by atoms with Crippen molar-refractivity contribution in [1.82, 2.24) is 14.5 Å². The average Bonchev–Trinajstić information content (AvgIpc) is 3.51. The van der Waals surface area contributed by atoms with Crippen molar-refractivity contribution in [2.45, 2.75) is 56.1 Å². The molecule has 2 aromatic rings. The molecule has 0 bridgehead atoms. The van der Waals surface area contributed by atoms with E-state index in [1.54, 1.807) is 0 Å². The molecule has 0 radical (unpaired) electrons. The highest BCUT2D eigenvalue weighted by atomic mass is 32.2. The second kappa shape index (κ2) is 8.05. The molecule has 27 heavy (non-hydrogen) atoms. The van der Waals surface area contributed by atoms with E-state index in [0.29, 0.717) is 22.2 Å². The largest absolute Gasteiger partial charge is 0.345 e. The predicted octanol–water partition coefficient (Wildman–Crippen LogP) is 3.86. The first-order valence-corrected chi connectivity index (χ1v) is 11.0. The fourth-order valence-electron chi connectivity index (χ4n) is 3.91. The van der Waals surface area contributed by atoms with Crippen molar-refractivity contribution in [1.29, 1.82) is 0 Å². The summed E-state index contributed by atoms with van der Waals surface area (Å²) >= 11 is 1.41. The number of para-hydroxylation sites is 1. The summed E-state index contributed by atoms with van der Waals surface area (Å²) in [5.74, 6) is 1.13. The molecule has 2 aliphatic carbocycles. The zero-order valence-electron chi connectivity index (χ0n) is 15.9. The van der Waals surface area contributed by atoms with Gasteiger partial charge in [0.15, 0.2) is 5.16 Å². The van der Waals surface area contributed by atoms with Crippen LogP contribution in [-0.4, -0.2) is 39.7 Å². The van der Waals surface area contributed by atoms with E-state index >= 15 is 0 Å². The van der Waals surface area contributed by atoms with Gasteiger partial charge >= 0.3 is 0 Å². The van der Waals surface area contributed by atoms with Gasteiger partial charge in [-0.25, -0.2) is 4.98 Å². The van der Waals surface area contributed by atoms with Crippen LogP contribution in [0, 0.1) is 5.92 Å². The van der Waals surface area contributed by atoms with E-state index in [1.165, 1.54) is 31.0 Å². The van der Waals surface area contributed by atoms with E-state index in [1.807, 2.05) is 40.8 Å². The predicted molar refractivity (Wildman–Crippen MR) is 109 cm³/mol. The number of hydrogen-bond acceptors (Lipinski definition) is 4. The van der Waals surface area contributed by atoms with Crippen LogP contribution in [0.4, 0.5) is 0 Å². The lowest BCUT2D eigenvalue weighted by Crippen LogP contribution is -2.32. The van der Waals surface area contributed by atoms with E-state index in [4.69, 9.17) is 4.98 Å². The molecule has 2 saturated carbocycles. The lowest BCUT2D eigenvalue weighted by Gasteiger charge is -2.26. The number of rotatable bonds is 6. The molecule has 0 saturated heterocycles. The van der Waals surface area contributed by atoms with Crippen LogP contribution in [0.1, 0.15) is 51.0 Å². The number of thioether (sulfide) groups is 1. The van der Waals surface area contributed by atoms with Crippen molar-refractivity contribution in [2.75, 3.05) is 19.3 Å². The lowest BCUT2D eigenvalue weighted by atomic mass is 9.95. The van der Waals surface area contributed by atoms with Gasteiger partial charge in [-0.05, 0) is 43.7 Å². The summed E-state index contributed by atoms with van der Waals surface area (Å²) in [4.78, 5) is 32.3. The summed E-state index contributed by atoms with van der Waals surface area (Å²) in [7, 11) is 1.88. The highest BCUT2D eigenvalue weighted by Crippen LogP contribution is 2.32. The highest BCUT2D eigenvalue weighted by Gasteiger charge is 2.26. The number of aromatic nitrogens is 2. The van der Waals surface area contributed by atoms with Crippen LogP contribution in [0.25, 0.3) is 10.9 Å². The van der Waals surface area contributed by atoms with Gasteiger partial charge in [0.05, 0.1) is 16.7 Å². The number of fused-ring (bicyclic) bond motifs is 1. The Morgan fingerprint density at radius 2 is 1.93 bits per heavy atom. The third-order valence-electron chi connectivity index (χ3n) is 5.69. The summed E-state index contributed by atoms with van der Waals surface area (Å²) in [6.45, 7) is 0.847. The summed E-state index contributed by atoms with van der Waals surface area (Å²) < 4.78 is 1.88. The second-order valence-electron chi connectivity index (χ2n) is 7.88. The highest BCUT2D eigenvalue weighted by molar-refractivity contribution is 7.99. The van der Waals surface area contributed by atoms with Crippen molar-refractivity contribution in [3.8, 4) is 0 Å². The van der Waals surface area contributed by atoms with Gasteiger partial charge in [-0.3, -0.25) is 14.2 Å². The van der Waals surface area contributed by atoms with Gasteiger partial charge in [-0.1, -0.05) is 43.2 Å². The molecule has 0 aliphatic heterocycles. The molecule has 1 amide bonds. The van der Waals surface area contributed by atoms with E-state index in [2.05, 4.69) is 0 Å². The van der Waals surface area contributed by atoms with Crippen LogP contribution in [0.2, 0.25) is 0 Å². The van der Waals surface area contributed by atoms with Gasteiger partial charge < -0.3 is 4.90 Å². The zero-order chi connectivity index (χ0) is 18.8. The van der Waals surface area contributed by atoms with Crippen LogP contribution in [0.15, 0.2) is 34.2 Å². The second-order valence-corrected chi connectivity index (χ2v) is 8.83. The van der Waals surface area contributed by atoms with Gasteiger partial charge in [0.2, 0.25) is 5.91 Å². The van der Waals surface area contributed by atoms with E-state index < -0.39 is 0 Å². The number of hydrogen-bond donors (Lipinski definition) is 0. The van der Waals surface area contributed by atoms with E-state index in [9.17, 15) is 9.59 Å². The number of amides is 1. The molecular weight excluding hydrogens is 358 g/mol. The standard InChI is InChI=1S/C21H27N3O2S/c1-23(13-15-11-12-15)19(25)14-27-21-22-18-10-6-5-9-17(18)20(26)24(21)16-7-3-2-4-8-16/h5-6,9-10,15-16H,2-4,7-8,11-14H2,1H3. The van der Waals surface area contributed by atoms with Crippen molar-refractivity contribution >= 4 is 28.6 Å². The molecule has 2 fully saturated rings. The van der Waals surface area contributed by atoms with Crippen molar-refractivity contribution in [3.05, 3.63) is 34.6 Å².